The molecule has 0 aliphatic heterocycles. The lowest BCUT2D eigenvalue weighted by Crippen LogP contribution is -2.32. The number of carbonyl (C=O) groups is 2. The van der Waals surface area contributed by atoms with E-state index in [1.807, 2.05) is 0 Å². The molecule has 1 aromatic carbocycles. The highest BCUT2D eigenvalue weighted by atomic mass is 35.5. The fraction of sp³-hybridized carbons (Fsp3) is 0.167. The van der Waals surface area contributed by atoms with Gasteiger partial charge in [-0.25, -0.2) is 4.79 Å². The van der Waals surface area contributed by atoms with Gasteiger partial charge in [0, 0.05) is 0 Å². The van der Waals surface area contributed by atoms with Crippen LogP contribution < -0.4 is 5.32 Å². The molecule has 0 radical (unpaired) electrons. The van der Waals surface area contributed by atoms with E-state index < -0.39 is 17.4 Å². The number of hydrogen-bond donors (Lipinski definition) is 1. The van der Waals surface area contributed by atoms with Gasteiger partial charge in [-0.2, -0.15) is 0 Å². The van der Waals surface area contributed by atoms with Gasteiger partial charge in [-0.3, -0.25) is 4.79 Å². The molecule has 0 saturated carbocycles. The van der Waals surface area contributed by atoms with Crippen molar-refractivity contribution in [3.63, 3.8) is 0 Å². The van der Waals surface area contributed by atoms with E-state index in [9.17, 15) is 9.59 Å². The van der Waals surface area contributed by atoms with Gasteiger partial charge >= 0.3 is 6.09 Å². The average molecular weight is 252 g/mol. The molecular weight excluding hydrogens is 242 g/mol. The molecule has 1 aromatic rings. The second-order valence-corrected chi connectivity index (χ2v) is 3.44. The van der Waals surface area contributed by atoms with Crippen LogP contribution in [0.3, 0.4) is 0 Å². The van der Waals surface area contributed by atoms with Crippen molar-refractivity contribution in [2.24, 2.45) is 0 Å². The Balaban J connectivity index is 2.72. The molecule has 1 rings (SSSR count). The second kappa shape index (κ2) is 6.56. The summed E-state index contributed by atoms with van der Waals surface area (Å²) in [6.45, 7) is -0.163. The molecule has 0 heterocycles. The summed E-state index contributed by atoms with van der Waals surface area (Å²) in [6.07, 6.45) is 4.14. The molecule has 1 N–H and O–H groups in total. The van der Waals surface area contributed by atoms with Crippen LogP contribution in [0.15, 0.2) is 30.3 Å². The predicted molar refractivity (Wildman–Crippen MR) is 63.4 cm³/mol. The van der Waals surface area contributed by atoms with Gasteiger partial charge in [-0.1, -0.05) is 36.3 Å². The molecule has 0 bridgehead atoms. The number of carbonyl (C=O) groups excluding carboxylic acids is 2. The first-order valence-electron chi connectivity index (χ1n) is 4.76. The summed E-state index contributed by atoms with van der Waals surface area (Å²) in [5.74, 6) is 2.14. The number of benzene rings is 1. The van der Waals surface area contributed by atoms with Gasteiger partial charge in [0.15, 0.2) is 6.61 Å². The number of alkyl carbamates (subject to hydrolysis) is 1. The maximum Gasteiger partial charge on any atom is 0.409 e. The topological polar surface area (TPSA) is 55.4 Å². The Morgan fingerprint density at radius 1 is 1.41 bits per heavy atom. The van der Waals surface area contributed by atoms with E-state index in [-0.39, 0.29) is 6.61 Å². The standard InChI is InChI=1S/C12H10ClNO3/c1-2-8-17-12(16)14-10(11(13)15)9-6-4-3-5-7-9/h1,3-7,10H,8H2,(H,14,16)/t10-/m0/s1. The van der Waals surface area contributed by atoms with Gasteiger partial charge in [0.2, 0.25) is 5.24 Å². The van der Waals surface area contributed by atoms with Crippen LogP contribution in [0, 0.1) is 12.3 Å². The van der Waals surface area contributed by atoms with E-state index in [1.165, 1.54) is 0 Å². The van der Waals surface area contributed by atoms with E-state index >= 15 is 0 Å². The Morgan fingerprint density at radius 3 is 2.59 bits per heavy atom. The zero-order valence-corrected chi connectivity index (χ0v) is 9.61. The average Bonchev–Trinajstić information content (AvgIpc) is 2.34. The van der Waals surface area contributed by atoms with Crippen molar-refractivity contribution < 1.29 is 14.3 Å². The molecule has 17 heavy (non-hydrogen) atoms. The lowest BCUT2D eigenvalue weighted by molar-refractivity contribution is -0.113. The molecule has 0 aromatic heterocycles. The lowest BCUT2D eigenvalue weighted by atomic mass is 10.1. The fourth-order valence-electron chi connectivity index (χ4n) is 1.18. The Morgan fingerprint density at radius 2 is 2.06 bits per heavy atom. The van der Waals surface area contributed by atoms with Gasteiger partial charge in [0.1, 0.15) is 6.04 Å². The Bertz CT molecular complexity index is 439. The maximum absolute atomic E-state index is 11.3. The first-order valence-corrected chi connectivity index (χ1v) is 5.14. The molecule has 5 heteroatoms. The number of amides is 1. The van der Waals surface area contributed by atoms with Crippen molar-refractivity contribution in [2.75, 3.05) is 6.61 Å². The summed E-state index contributed by atoms with van der Waals surface area (Å²) in [4.78, 5) is 22.5. The van der Waals surface area contributed by atoms with Gasteiger partial charge in [0.05, 0.1) is 0 Å². The zero-order valence-electron chi connectivity index (χ0n) is 8.85. The second-order valence-electron chi connectivity index (χ2n) is 3.07. The third-order valence-corrected chi connectivity index (χ3v) is 2.13. The van der Waals surface area contributed by atoms with E-state index in [0.29, 0.717) is 5.56 Å². The number of terminal acetylenes is 1. The maximum atomic E-state index is 11.3. The molecule has 1 amide bonds. The van der Waals surface area contributed by atoms with Crippen molar-refractivity contribution in [3.05, 3.63) is 35.9 Å². The Kier molecular flexibility index (Phi) is 5.05. The van der Waals surface area contributed by atoms with Crippen LogP contribution in [0.1, 0.15) is 11.6 Å². The number of ether oxygens (including phenoxy) is 1. The smallest absolute Gasteiger partial charge is 0.409 e. The van der Waals surface area contributed by atoms with Crippen molar-refractivity contribution in [1.82, 2.24) is 5.32 Å². The molecule has 0 aliphatic carbocycles. The SMILES string of the molecule is C#CCOC(=O)N[C@H](C(=O)Cl)c1ccccc1. The van der Waals surface area contributed by atoms with Crippen molar-refractivity contribution in [3.8, 4) is 12.3 Å². The summed E-state index contributed by atoms with van der Waals surface area (Å²) in [5.41, 5.74) is 0.574. The summed E-state index contributed by atoms with van der Waals surface area (Å²) in [6, 6.07) is 7.66. The van der Waals surface area contributed by atoms with Crippen LogP contribution in [0.4, 0.5) is 4.79 Å². The van der Waals surface area contributed by atoms with E-state index in [0.717, 1.165) is 0 Å². The first kappa shape index (κ1) is 13.1. The van der Waals surface area contributed by atoms with Crippen LogP contribution in [0.5, 0.6) is 0 Å². The number of nitrogens with one attached hydrogen (secondary N) is 1. The van der Waals surface area contributed by atoms with Gasteiger partial charge in [0.25, 0.3) is 0 Å². The number of rotatable bonds is 4. The van der Waals surface area contributed by atoms with Crippen LogP contribution in [-0.4, -0.2) is 17.9 Å². The van der Waals surface area contributed by atoms with E-state index in [1.54, 1.807) is 30.3 Å². The van der Waals surface area contributed by atoms with Crippen LogP contribution in [0.25, 0.3) is 0 Å². The van der Waals surface area contributed by atoms with E-state index in [4.69, 9.17) is 18.0 Å². The van der Waals surface area contributed by atoms with Crippen molar-refractivity contribution in [1.29, 1.82) is 0 Å². The third kappa shape index (κ3) is 4.17. The summed E-state index contributed by atoms with van der Waals surface area (Å²) < 4.78 is 4.60. The zero-order chi connectivity index (χ0) is 12.7. The molecule has 1 atom stereocenters. The Labute approximate surface area is 104 Å². The molecule has 0 fully saturated rings. The van der Waals surface area contributed by atoms with Gasteiger partial charge < -0.3 is 10.1 Å². The summed E-state index contributed by atoms with van der Waals surface area (Å²) in [7, 11) is 0. The third-order valence-electron chi connectivity index (χ3n) is 1.91. The van der Waals surface area contributed by atoms with Crippen LogP contribution in [0.2, 0.25) is 0 Å². The summed E-state index contributed by atoms with van der Waals surface area (Å²) >= 11 is 5.41. The van der Waals surface area contributed by atoms with Gasteiger partial charge in [-0.15, -0.1) is 6.42 Å². The molecule has 0 saturated heterocycles. The minimum absolute atomic E-state index is 0.163. The minimum Gasteiger partial charge on any atom is -0.436 e. The molecular formula is C12H10ClNO3. The lowest BCUT2D eigenvalue weighted by Gasteiger charge is -2.14. The predicted octanol–water partition coefficient (Wildman–Crippen LogP) is 1.85. The van der Waals surface area contributed by atoms with Crippen LogP contribution in [-0.2, 0) is 9.53 Å². The molecule has 0 unspecified atom stereocenters. The van der Waals surface area contributed by atoms with Crippen molar-refractivity contribution >= 4 is 22.9 Å². The first-order chi connectivity index (χ1) is 8.15. The number of hydrogen-bond acceptors (Lipinski definition) is 3. The highest BCUT2D eigenvalue weighted by Gasteiger charge is 2.21. The molecule has 0 aliphatic rings. The fourth-order valence-corrected chi connectivity index (χ4v) is 1.36. The molecule has 88 valence electrons. The summed E-state index contributed by atoms with van der Waals surface area (Å²) in [5, 5.41) is 1.63. The molecule has 0 spiro atoms. The van der Waals surface area contributed by atoms with Gasteiger partial charge in [-0.05, 0) is 17.2 Å². The quantitative estimate of drug-likeness (QED) is 0.656. The minimum atomic E-state index is -0.942. The monoisotopic (exact) mass is 251 g/mol. The van der Waals surface area contributed by atoms with Crippen molar-refractivity contribution in [2.45, 2.75) is 6.04 Å². The number of halogens is 1. The highest BCUT2D eigenvalue weighted by Crippen LogP contribution is 2.15. The van der Waals surface area contributed by atoms with E-state index in [2.05, 4.69) is 16.0 Å². The normalized spacial score (nSPS) is 11.1. The van der Waals surface area contributed by atoms with Crippen LogP contribution >= 0.6 is 11.6 Å². The Hall–Kier alpha value is -1.99. The highest BCUT2D eigenvalue weighted by molar-refractivity contribution is 6.64. The molecule has 4 nitrogen and oxygen atoms in total. The largest absolute Gasteiger partial charge is 0.436 e.